The fourth-order valence-electron chi connectivity index (χ4n) is 8.31. The summed E-state index contributed by atoms with van der Waals surface area (Å²) in [7, 11) is 0. The summed E-state index contributed by atoms with van der Waals surface area (Å²) >= 11 is 0. The third-order valence-electron chi connectivity index (χ3n) is 8.91. The summed E-state index contributed by atoms with van der Waals surface area (Å²) in [5.41, 5.74) is 1.06. The van der Waals surface area contributed by atoms with Gasteiger partial charge in [0.05, 0.1) is 0 Å². The Morgan fingerprint density at radius 1 is 0.700 bits per heavy atom. The molecule has 2 heterocycles. The largest absolute Gasteiger partial charge is 0.480 e. The van der Waals surface area contributed by atoms with E-state index in [0.29, 0.717) is 5.56 Å². The zero-order valence-electron chi connectivity index (χ0n) is 25.5. The second-order valence-electron chi connectivity index (χ2n) is 15.0. The van der Waals surface area contributed by atoms with Gasteiger partial charge in [-0.2, -0.15) is 0 Å². The number of hydrogen-bond acceptors (Lipinski definition) is 4. The Bertz CT molecular complexity index is 1220. The molecule has 6 heteroatoms. The summed E-state index contributed by atoms with van der Waals surface area (Å²) in [5, 5.41) is 28.6. The van der Waals surface area contributed by atoms with Crippen LogP contribution in [0.1, 0.15) is 115 Å². The van der Waals surface area contributed by atoms with Crippen LogP contribution >= 0.6 is 0 Å². The molecular formula is C34H48N2O4. The van der Waals surface area contributed by atoms with E-state index in [9.17, 15) is 19.8 Å². The fraction of sp³-hybridized carbons (Fsp3) is 0.588. The van der Waals surface area contributed by atoms with Gasteiger partial charge in [-0.05, 0) is 115 Å². The zero-order chi connectivity index (χ0) is 29.7. The standard InChI is InChI=1S/C34H48N2O4/c1-30(2)17-23(18-31(3,4)35-30)26-16-12-13-22(27(26)24-19-32(5,6)36-33(7,8)20-24)21-34(28(37)38,29(39)40)25-14-10-9-11-15-25/h9-16,23-24,35-36H,17-21H2,1-8H3,(H,37,38)(H,39,40). The highest BCUT2D eigenvalue weighted by atomic mass is 16.4. The third-order valence-corrected chi connectivity index (χ3v) is 8.91. The average Bonchev–Trinajstić information content (AvgIpc) is 2.78. The van der Waals surface area contributed by atoms with E-state index in [-0.39, 0.29) is 40.4 Å². The summed E-state index contributed by atoms with van der Waals surface area (Å²) in [6.07, 6.45) is 3.57. The first kappa shape index (κ1) is 30.3. The maximum atomic E-state index is 12.9. The molecular weight excluding hydrogens is 500 g/mol. The summed E-state index contributed by atoms with van der Waals surface area (Å²) in [6.45, 7) is 17.9. The van der Waals surface area contributed by atoms with Crippen LogP contribution in [-0.2, 0) is 21.4 Å². The molecule has 2 aromatic carbocycles. The lowest BCUT2D eigenvalue weighted by atomic mass is 9.65. The van der Waals surface area contributed by atoms with Gasteiger partial charge in [0.15, 0.2) is 5.41 Å². The van der Waals surface area contributed by atoms with Gasteiger partial charge in [0, 0.05) is 28.6 Å². The smallest absolute Gasteiger partial charge is 0.325 e. The summed E-state index contributed by atoms with van der Waals surface area (Å²) in [6, 6.07) is 14.7. The number of hydrogen-bond donors (Lipinski definition) is 4. The van der Waals surface area contributed by atoms with Gasteiger partial charge in [-0.1, -0.05) is 48.5 Å². The second kappa shape index (κ2) is 10.3. The van der Waals surface area contributed by atoms with Gasteiger partial charge in [-0.15, -0.1) is 0 Å². The number of piperidine rings is 2. The number of carboxylic acid groups (broad SMARTS) is 2. The maximum absolute atomic E-state index is 12.9. The van der Waals surface area contributed by atoms with Crippen molar-refractivity contribution in [3.05, 3.63) is 70.8 Å². The number of carboxylic acids is 2. The molecule has 2 saturated heterocycles. The van der Waals surface area contributed by atoms with E-state index >= 15 is 0 Å². The van der Waals surface area contributed by atoms with Crippen molar-refractivity contribution in [1.82, 2.24) is 10.6 Å². The normalized spacial score (nSPS) is 22.5. The van der Waals surface area contributed by atoms with Crippen LogP contribution in [0.4, 0.5) is 0 Å². The molecule has 0 bridgehead atoms. The fourth-order valence-corrected chi connectivity index (χ4v) is 8.31. The molecule has 0 aromatic heterocycles. The number of nitrogens with one attached hydrogen (secondary N) is 2. The molecule has 0 radical (unpaired) electrons. The third kappa shape index (κ3) is 6.13. The Labute approximate surface area is 240 Å². The van der Waals surface area contributed by atoms with Crippen molar-refractivity contribution in [1.29, 1.82) is 0 Å². The van der Waals surface area contributed by atoms with Crippen molar-refractivity contribution in [2.75, 3.05) is 0 Å². The van der Waals surface area contributed by atoms with Gasteiger partial charge >= 0.3 is 11.9 Å². The van der Waals surface area contributed by atoms with Crippen LogP contribution in [0.15, 0.2) is 48.5 Å². The van der Waals surface area contributed by atoms with Crippen molar-refractivity contribution in [3.8, 4) is 0 Å². The molecule has 2 aromatic rings. The summed E-state index contributed by atoms with van der Waals surface area (Å²) in [4.78, 5) is 25.8. The highest BCUT2D eigenvalue weighted by Gasteiger charge is 2.50. The summed E-state index contributed by atoms with van der Waals surface area (Å²) < 4.78 is 0. The van der Waals surface area contributed by atoms with E-state index in [2.05, 4.69) is 72.1 Å². The molecule has 4 N–H and O–H groups in total. The Balaban J connectivity index is 1.95. The first-order valence-electron chi connectivity index (χ1n) is 14.6. The minimum absolute atomic E-state index is 0.0672. The van der Waals surface area contributed by atoms with Crippen molar-refractivity contribution in [2.24, 2.45) is 0 Å². The van der Waals surface area contributed by atoms with E-state index < -0.39 is 17.4 Å². The van der Waals surface area contributed by atoms with Crippen molar-refractivity contribution >= 4 is 11.9 Å². The van der Waals surface area contributed by atoms with Gasteiger partial charge in [-0.3, -0.25) is 9.59 Å². The highest BCUT2D eigenvalue weighted by Crippen LogP contribution is 2.48. The SMILES string of the molecule is CC1(C)CC(c2cccc(CC(C(=O)O)(C(=O)O)c3ccccc3)c2C2CC(C)(C)NC(C)(C)C2)CC(C)(C)N1. The quantitative estimate of drug-likeness (QED) is 0.300. The van der Waals surface area contributed by atoms with Gasteiger partial charge < -0.3 is 20.8 Å². The molecule has 0 amide bonds. The van der Waals surface area contributed by atoms with Crippen molar-refractivity contribution < 1.29 is 19.8 Å². The first-order valence-corrected chi connectivity index (χ1v) is 14.6. The van der Waals surface area contributed by atoms with Gasteiger partial charge in [-0.25, -0.2) is 0 Å². The van der Waals surface area contributed by atoms with E-state index in [1.165, 1.54) is 5.56 Å². The Kier molecular flexibility index (Phi) is 7.79. The number of rotatable bonds is 7. The first-order chi connectivity index (χ1) is 18.4. The molecule has 0 aliphatic carbocycles. The van der Waals surface area contributed by atoms with Crippen LogP contribution in [0.5, 0.6) is 0 Å². The average molecular weight is 549 g/mol. The predicted molar refractivity (Wildman–Crippen MR) is 160 cm³/mol. The lowest BCUT2D eigenvalue weighted by molar-refractivity contribution is -0.157. The second-order valence-corrected chi connectivity index (χ2v) is 15.0. The lowest BCUT2D eigenvalue weighted by Gasteiger charge is -2.50. The molecule has 0 saturated carbocycles. The number of carbonyl (C=O) groups is 2. The van der Waals surface area contributed by atoms with Crippen LogP contribution < -0.4 is 10.6 Å². The van der Waals surface area contributed by atoms with Gasteiger partial charge in [0.25, 0.3) is 0 Å². The predicted octanol–water partition coefficient (Wildman–Crippen LogP) is 6.38. The molecule has 0 spiro atoms. The van der Waals surface area contributed by atoms with E-state index in [1.54, 1.807) is 30.3 Å². The van der Waals surface area contributed by atoms with E-state index in [0.717, 1.165) is 36.8 Å². The van der Waals surface area contributed by atoms with Crippen LogP contribution in [0.25, 0.3) is 0 Å². The molecule has 2 fully saturated rings. The Hall–Kier alpha value is -2.70. The van der Waals surface area contributed by atoms with Crippen LogP contribution in [-0.4, -0.2) is 44.3 Å². The van der Waals surface area contributed by atoms with Crippen LogP contribution in [0, 0.1) is 0 Å². The van der Waals surface area contributed by atoms with E-state index in [1.807, 2.05) is 12.1 Å². The molecule has 0 unspecified atom stereocenters. The monoisotopic (exact) mass is 548 g/mol. The lowest BCUT2D eigenvalue weighted by Crippen LogP contribution is -2.58. The van der Waals surface area contributed by atoms with E-state index in [4.69, 9.17) is 0 Å². The summed E-state index contributed by atoms with van der Waals surface area (Å²) in [5.74, 6) is -2.24. The van der Waals surface area contributed by atoms with Crippen molar-refractivity contribution in [3.63, 3.8) is 0 Å². The van der Waals surface area contributed by atoms with Gasteiger partial charge in [0.2, 0.25) is 0 Å². The Morgan fingerprint density at radius 2 is 1.15 bits per heavy atom. The molecule has 0 atom stereocenters. The zero-order valence-corrected chi connectivity index (χ0v) is 25.5. The molecule has 218 valence electrons. The number of benzene rings is 2. The topological polar surface area (TPSA) is 98.7 Å². The molecule has 40 heavy (non-hydrogen) atoms. The molecule has 4 rings (SSSR count). The minimum atomic E-state index is -2.08. The molecule has 2 aliphatic rings. The van der Waals surface area contributed by atoms with Crippen LogP contribution in [0.3, 0.4) is 0 Å². The highest BCUT2D eigenvalue weighted by molar-refractivity contribution is 6.05. The minimum Gasteiger partial charge on any atom is -0.480 e. The van der Waals surface area contributed by atoms with Crippen LogP contribution in [0.2, 0.25) is 0 Å². The van der Waals surface area contributed by atoms with Gasteiger partial charge in [0.1, 0.15) is 0 Å². The number of aliphatic carboxylic acids is 2. The molecule has 2 aliphatic heterocycles. The molecule has 6 nitrogen and oxygen atoms in total. The Morgan fingerprint density at radius 3 is 1.60 bits per heavy atom. The maximum Gasteiger partial charge on any atom is 0.325 e. The van der Waals surface area contributed by atoms with Crippen molar-refractivity contribution in [2.45, 2.75) is 127 Å².